The molecule has 2 aliphatic heterocycles. The highest BCUT2D eigenvalue weighted by molar-refractivity contribution is 7.20. The molecule has 1 amide bonds. The van der Waals surface area contributed by atoms with E-state index in [1.165, 1.54) is 17.8 Å². The molecule has 2 saturated heterocycles. The van der Waals surface area contributed by atoms with Crippen molar-refractivity contribution >= 4 is 33.2 Å². The van der Waals surface area contributed by atoms with E-state index in [4.69, 9.17) is 0 Å². The Bertz CT molecular complexity index is 841. The molecular formula is C20H24N4O2S. The van der Waals surface area contributed by atoms with Gasteiger partial charge in [0.25, 0.3) is 0 Å². The fourth-order valence-electron chi connectivity index (χ4n) is 4.83. The van der Waals surface area contributed by atoms with Gasteiger partial charge in [0.1, 0.15) is 6.04 Å². The van der Waals surface area contributed by atoms with Crippen LogP contribution in [0.4, 0.5) is 0 Å². The van der Waals surface area contributed by atoms with Crippen LogP contribution >= 0.6 is 11.3 Å². The highest BCUT2D eigenvalue weighted by Crippen LogP contribution is 2.33. The first-order valence-electron chi connectivity index (χ1n) is 9.90. The highest BCUT2D eigenvalue weighted by Gasteiger charge is 2.44. The zero-order chi connectivity index (χ0) is 18.4. The van der Waals surface area contributed by atoms with Gasteiger partial charge in [-0.2, -0.15) is 0 Å². The summed E-state index contributed by atoms with van der Waals surface area (Å²) >= 11 is 1.48. The van der Waals surface area contributed by atoms with Gasteiger partial charge in [-0.1, -0.05) is 18.6 Å². The van der Waals surface area contributed by atoms with Gasteiger partial charge in [0, 0.05) is 31.0 Å². The van der Waals surface area contributed by atoms with Crippen molar-refractivity contribution in [2.45, 2.75) is 44.2 Å². The lowest BCUT2D eigenvalue weighted by molar-refractivity contribution is -0.135. The van der Waals surface area contributed by atoms with Crippen LogP contribution in [0, 0.1) is 11.8 Å². The van der Waals surface area contributed by atoms with E-state index in [0.717, 1.165) is 35.9 Å². The second-order valence-corrected chi connectivity index (χ2v) is 8.95. The minimum Gasteiger partial charge on any atom is -0.341 e. The van der Waals surface area contributed by atoms with Gasteiger partial charge in [-0.15, -0.1) is 11.3 Å². The topological polar surface area (TPSA) is 74.3 Å². The molecule has 3 fully saturated rings. The van der Waals surface area contributed by atoms with Gasteiger partial charge < -0.3 is 4.90 Å². The Hall–Kier alpha value is -1.83. The molecule has 3 atom stereocenters. The van der Waals surface area contributed by atoms with Crippen LogP contribution in [-0.4, -0.2) is 46.7 Å². The van der Waals surface area contributed by atoms with Crippen LogP contribution in [0.3, 0.4) is 0 Å². The van der Waals surface area contributed by atoms with Crippen molar-refractivity contribution in [3.8, 4) is 0 Å². The lowest BCUT2D eigenvalue weighted by Crippen LogP contribution is -2.50. The van der Waals surface area contributed by atoms with E-state index < -0.39 is 0 Å². The third kappa shape index (κ3) is 3.07. The molecule has 6 nitrogen and oxygen atoms in total. The lowest BCUT2D eigenvalue weighted by Gasteiger charge is -2.33. The fraction of sp³-hybridized carbons (Fsp3) is 0.550. The third-order valence-electron chi connectivity index (χ3n) is 6.37. The van der Waals surface area contributed by atoms with E-state index in [0.29, 0.717) is 30.1 Å². The molecule has 27 heavy (non-hydrogen) atoms. The van der Waals surface area contributed by atoms with Crippen molar-refractivity contribution in [2.75, 3.05) is 13.1 Å². The van der Waals surface area contributed by atoms with E-state index in [2.05, 4.69) is 15.8 Å². The molecule has 2 N–H and O–H groups in total. The molecular weight excluding hydrogens is 360 g/mol. The van der Waals surface area contributed by atoms with Crippen molar-refractivity contribution in [2.24, 2.45) is 11.8 Å². The normalized spacial score (nSPS) is 28.6. The molecule has 0 bridgehead atoms. The minimum atomic E-state index is -0.103. The number of hydrazine groups is 1. The SMILES string of the molecule is O=C(c1nc2ccccc2s1)C1CCN(C(=O)C2NNC3CCCC32)CC1. The number of rotatable bonds is 3. The maximum absolute atomic E-state index is 12.9. The molecule has 5 rings (SSSR count). The summed E-state index contributed by atoms with van der Waals surface area (Å²) in [4.78, 5) is 32.3. The maximum atomic E-state index is 12.9. The van der Waals surface area contributed by atoms with Gasteiger partial charge >= 0.3 is 0 Å². The molecule has 0 radical (unpaired) electrons. The number of para-hydroxylation sites is 1. The van der Waals surface area contributed by atoms with Crippen molar-refractivity contribution in [3.05, 3.63) is 29.3 Å². The quantitative estimate of drug-likeness (QED) is 0.795. The highest BCUT2D eigenvalue weighted by atomic mass is 32.1. The van der Waals surface area contributed by atoms with Crippen LogP contribution in [-0.2, 0) is 4.79 Å². The van der Waals surface area contributed by atoms with E-state index >= 15 is 0 Å². The molecule has 1 aliphatic carbocycles. The predicted octanol–water partition coefficient (Wildman–Crippen LogP) is 2.36. The maximum Gasteiger partial charge on any atom is 0.241 e. The molecule has 2 aromatic rings. The Morgan fingerprint density at radius 1 is 1.07 bits per heavy atom. The first-order chi connectivity index (χ1) is 13.2. The number of nitrogens with one attached hydrogen (secondary N) is 2. The number of hydrogen-bond donors (Lipinski definition) is 2. The first-order valence-corrected chi connectivity index (χ1v) is 10.7. The molecule has 1 aromatic carbocycles. The molecule has 3 aliphatic rings. The molecule has 1 aromatic heterocycles. The number of aromatic nitrogens is 1. The molecule has 7 heteroatoms. The average molecular weight is 385 g/mol. The van der Waals surface area contributed by atoms with Crippen LogP contribution in [0.15, 0.2) is 24.3 Å². The summed E-state index contributed by atoms with van der Waals surface area (Å²) in [6.07, 6.45) is 4.93. The van der Waals surface area contributed by atoms with Crippen LogP contribution < -0.4 is 10.9 Å². The molecule has 3 heterocycles. The average Bonchev–Trinajstić information content (AvgIpc) is 3.41. The Morgan fingerprint density at radius 3 is 2.70 bits per heavy atom. The summed E-state index contributed by atoms with van der Waals surface area (Å²) in [5.74, 6) is 0.728. The van der Waals surface area contributed by atoms with Crippen molar-refractivity contribution in [1.29, 1.82) is 0 Å². The third-order valence-corrected chi connectivity index (χ3v) is 7.42. The van der Waals surface area contributed by atoms with Crippen LogP contribution in [0.1, 0.15) is 41.9 Å². The summed E-state index contributed by atoms with van der Waals surface area (Å²) in [6, 6.07) is 8.21. The standard InChI is InChI=1S/C20H24N4O2S/c25-18(19-21-15-5-1-2-7-16(15)27-19)12-8-10-24(11-9-12)20(26)17-13-4-3-6-14(13)22-23-17/h1-2,5,7,12-14,17,22-23H,3-4,6,8-11H2. The lowest BCUT2D eigenvalue weighted by atomic mass is 9.91. The number of fused-ring (bicyclic) bond motifs is 2. The minimum absolute atomic E-state index is 0.0245. The van der Waals surface area contributed by atoms with Gasteiger partial charge in [-0.25, -0.2) is 10.4 Å². The van der Waals surface area contributed by atoms with Gasteiger partial charge in [-0.3, -0.25) is 15.0 Å². The second-order valence-electron chi connectivity index (χ2n) is 7.92. The number of piperidine rings is 1. The second kappa shape index (κ2) is 6.96. The number of hydrogen-bond acceptors (Lipinski definition) is 6. The number of nitrogens with zero attached hydrogens (tertiary/aromatic N) is 2. The van der Waals surface area contributed by atoms with E-state index in [9.17, 15) is 9.59 Å². The van der Waals surface area contributed by atoms with E-state index in [1.54, 1.807) is 0 Å². The van der Waals surface area contributed by atoms with Gasteiger partial charge in [0.2, 0.25) is 5.91 Å². The number of carbonyl (C=O) groups is 2. The summed E-state index contributed by atoms with van der Waals surface area (Å²) in [6.45, 7) is 1.32. The van der Waals surface area contributed by atoms with Gasteiger partial charge in [0.15, 0.2) is 10.8 Å². The van der Waals surface area contributed by atoms with Gasteiger partial charge in [0.05, 0.1) is 10.2 Å². The molecule has 0 spiro atoms. The predicted molar refractivity (Wildman–Crippen MR) is 104 cm³/mol. The van der Waals surface area contributed by atoms with Crippen LogP contribution in [0.25, 0.3) is 10.2 Å². The van der Waals surface area contributed by atoms with E-state index in [1.807, 2.05) is 29.2 Å². The summed E-state index contributed by atoms with van der Waals surface area (Å²) < 4.78 is 1.05. The Morgan fingerprint density at radius 2 is 1.89 bits per heavy atom. The Kier molecular flexibility index (Phi) is 4.46. The fourth-order valence-corrected chi connectivity index (χ4v) is 5.81. The Balaban J connectivity index is 1.22. The molecule has 142 valence electrons. The van der Waals surface area contributed by atoms with Crippen LogP contribution in [0.2, 0.25) is 0 Å². The number of amides is 1. The first kappa shape index (κ1) is 17.3. The number of Topliss-reactive ketones (excluding diaryl/α,β-unsaturated/α-hetero) is 1. The zero-order valence-electron chi connectivity index (χ0n) is 15.2. The van der Waals surface area contributed by atoms with E-state index in [-0.39, 0.29) is 23.7 Å². The monoisotopic (exact) mass is 384 g/mol. The molecule has 1 saturated carbocycles. The molecule has 3 unspecified atom stereocenters. The van der Waals surface area contributed by atoms with Crippen molar-refractivity contribution in [1.82, 2.24) is 20.7 Å². The number of likely N-dealkylation sites (tertiary alicyclic amines) is 1. The van der Waals surface area contributed by atoms with Crippen LogP contribution in [0.5, 0.6) is 0 Å². The van der Waals surface area contributed by atoms with Crippen molar-refractivity contribution in [3.63, 3.8) is 0 Å². The van der Waals surface area contributed by atoms with Crippen molar-refractivity contribution < 1.29 is 9.59 Å². The summed E-state index contributed by atoms with van der Waals surface area (Å²) in [5.41, 5.74) is 7.40. The number of benzene rings is 1. The summed E-state index contributed by atoms with van der Waals surface area (Å²) in [5, 5.41) is 0.608. The number of carbonyl (C=O) groups excluding carboxylic acids is 2. The zero-order valence-corrected chi connectivity index (χ0v) is 16.0. The smallest absolute Gasteiger partial charge is 0.241 e. The Labute approximate surface area is 162 Å². The largest absolute Gasteiger partial charge is 0.341 e. The van der Waals surface area contributed by atoms with Gasteiger partial charge in [-0.05, 0) is 37.8 Å². The summed E-state index contributed by atoms with van der Waals surface area (Å²) in [7, 11) is 0. The number of thiazole rings is 1. The number of ketones is 1.